The van der Waals surface area contributed by atoms with Crippen LogP contribution in [-0.4, -0.2) is 47.8 Å². The summed E-state index contributed by atoms with van der Waals surface area (Å²) in [6, 6.07) is 26.1. The Morgan fingerprint density at radius 1 is 0.229 bits per heavy atom. The molecule has 0 bridgehead atoms. The number of carbonyl (C=O) groups excluding carboxylic acids is 8. The molecule has 12 nitrogen and oxygen atoms in total. The van der Waals surface area contributed by atoms with Gasteiger partial charge in [0.1, 0.15) is 0 Å². The molecule has 0 aromatic heterocycles. The van der Waals surface area contributed by atoms with E-state index in [4.69, 9.17) is 0 Å². The van der Waals surface area contributed by atoms with E-state index in [-0.39, 0.29) is 49.6 Å². The van der Waals surface area contributed by atoms with Gasteiger partial charge in [-0.2, -0.15) is 0 Å². The molecule has 16 heteroatoms. The average molecular weight is 738 g/mol. The van der Waals surface area contributed by atoms with Crippen molar-refractivity contribution in [1.29, 1.82) is 0 Å². The Kier molecular flexibility index (Phi) is 14.8. The third kappa shape index (κ3) is 8.49. The summed E-state index contributed by atoms with van der Waals surface area (Å²) in [5.41, 5.74) is 2.87. The number of esters is 8. The molecular weight excluding hydrogens is 718 g/mol. The van der Waals surface area contributed by atoms with E-state index in [1.54, 1.807) is 97.1 Å². The molecule has 0 saturated heterocycles. The third-order valence-corrected chi connectivity index (χ3v) is 6.21. The molecule has 8 rings (SSSR count). The van der Waals surface area contributed by atoms with Crippen molar-refractivity contribution in [2.75, 3.05) is 0 Å². The van der Waals surface area contributed by atoms with Crippen LogP contribution >= 0.6 is 49.6 Å². The molecule has 0 spiro atoms. The number of cyclic esters (lactones) is 8. The quantitative estimate of drug-likeness (QED) is 0.123. The molecule has 0 unspecified atom stereocenters. The second-order valence-corrected chi connectivity index (χ2v) is 8.89. The van der Waals surface area contributed by atoms with Crippen LogP contribution in [0.25, 0.3) is 0 Å². The van der Waals surface area contributed by atoms with Crippen LogP contribution < -0.4 is 0 Å². The maximum atomic E-state index is 10.8. The van der Waals surface area contributed by atoms with Gasteiger partial charge >= 0.3 is 47.8 Å². The first-order valence-corrected chi connectivity index (χ1v) is 12.6. The van der Waals surface area contributed by atoms with E-state index in [2.05, 4.69) is 18.9 Å². The van der Waals surface area contributed by atoms with Gasteiger partial charge in [-0.05, 0) is 48.5 Å². The minimum Gasteiger partial charge on any atom is -0.386 e. The van der Waals surface area contributed by atoms with Crippen molar-refractivity contribution in [2.24, 2.45) is 0 Å². The minimum absolute atomic E-state index is 0. The van der Waals surface area contributed by atoms with Crippen molar-refractivity contribution in [1.82, 2.24) is 0 Å². The Morgan fingerprint density at radius 3 is 0.438 bits per heavy atom. The zero-order chi connectivity index (χ0) is 31.4. The summed E-state index contributed by atoms with van der Waals surface area (Å²) in [5.74, 6) is -4.40. The highest BCUT2D eigenvalue weighted by Crippen LogP contribution is 2.21. The smallest absolute Gasteiger partial charge is 0.346 e. The number of fused-ring (bicyclic) bond motifs is 4. The van der Waals surface area contributed by atoms with Crippen LogP contribution in [0.5, 0.6) is 0 Å². The zero-order valence-electron chi connectivity index (χ0n) is 23.8. The summed E-state index contributed by atoms with van der Waals surface area (Å²) in [7, 11) is 0. The lowest BCUT2D eigenvalue weighted by Gasteiger charge is -1.86. The largest absolute Gasteiger partial charge is 0.386 e. The number of hydrogen-bond donors (Lipinski definition) is 0. The van der Waals surface area contributed by atoms with Crippen LogP contribution in [-0.2, 0) is 18.9 Å². The van der Waals surface area contributed by atoms with Gasteiger partial charge in [0.05, 0.1) is 44.5 Å². The standard InChI is InChI=1S/4C8H4O3.4ClH/c4*9-7-5-3-1-2-4-6(5)8(10)11-7;;;;/h4*1-4H;4*1H. The van der Waals surface area contributed by atoms with Crippen LogP contribution in [0.4, 0.5) is 0 Å². The molecule has 4 heterocycles. The van der Waals surface area contributed by atoms with Crippen molar-refractivity contribution >= 4 is 97.4 Å². The third-order valence-electron chi connectivity index (χ3n) is 6.21. The van der Waals surface area contributed by atoms with Gasteiger partial charge < -0.3 is 18.9 Å². The predicted octanol–water partition coefficient (Wildman–Crippen LogP) is 5.68. The van der Waals surface area contributed by atoms with Crippen molar-refractivity contribution in [3.63, 3.8) is 0 Å². The molecule has 4 aliphatic heterocycles. The Labute approximate surface area is 295 Å². The summed E-state index contributed by atoms with van der Waals surface area (Å²) in [6.07, 6.45) is 0. The first kappa shape index (κ1) is 40.6. The number of carbonyl (C=O) groups is 8. The molecule has 0 amide bonds. The molecule has 0 saturated carbocycles. The summed E-state index contributed by atoms with van der Waals surface area (Å²) in [5, 5.41) is 0. The van der Waals surface area contributed by atoms with Crippen LogP contribution in [0.1, 0.15) is 82.9 Å². The number of ether oxygens (including phenoxy) is 4. The highest BCUT2D eigenvalue weighted by molar-refractivity contribution is 6.16. The fourth-order valence-corrected chi connectivity index (χ4v) is 4.13. The molecule has 4 aliphatic rings. The van der Waals surface area contributed by atoms with Crippen molar-refractivity contribution in [3.8, 4) is 0 Å². The maximum absolute atomic E-state index is 10.8. The Morgan fingerprint density at radius 2 is 0.333 bits per heavy atom. The second kappa shape index (κ2) is 17.5. The van der Waals surface area contributed by atoms with E-state index >= 15 is 0 Å². The fourth-order valence-electron chi connectivity index (χ4n) is 4.13. The minimum atomic E-state index is -0.550. The zero-order valence-corrected chi connectivity index (χ0v) is 27.0. The average Bonchev–Trinajstić information content (AvgIpc) is 3.71. The van der Waals surface area contributed by atoms with Gasteiger partial charge in [-0.3, -0.25) is 0 Å². The number of benzene rings is 4. The molecule has 0 fully saturated rings. The lowest BCUT2D eigenvalue weighted by atomic mass is 10.1. The SMILES string of the molecule is Cl.Cl.Cl.Cl.O=C1OC(=O)c2ccccc21.O=C1OC(=O)c2ccccc21.O=C1OC(=O)c2ccccc21.O=C1OC(=O)c2ccccc21. The van der Waals surface area contributed by atoms with Crippen LogP contribution in [0.15, 0.2) is 97.1 Å². The van der Waals surface area contributed by atoms with Crippen molar-refractivity contribution in [3.05, 3.63) is 142 Å². The molecule has 4 aromatic carbocycles. The molecular formula is C32H20Cl4O12. The lowest BCUT2D eigenvalue weighted by Crippen LogP contribution is -1.96. The number of halogens is 4. The predicted molar refractivity (Wildman–Crippen MR) is 174 cm³/mol. The van der Waals surface area contributed by atoms with E-state index in [1.165, 1.54) is 0 Å². The Balaban J connectivity index is 0.000000311. The summed E-state index contributed by atoms with van der Waals surface area (Å²) in [4.78, 5) is 86.7. The van der Waals surface area contributed by atoms with Crippen LogP contribution in [0.3, 0.4) is 0 Å². The van der Waals surface area contributed by atoms with Gasteiger partial charge in [0.15, 0.2) is 0 Å². The molecule has 0 atom stereocenters. The van der Waals surface area contributed by atoms with Gasteiger partial charge in [-0.1, -0.05) is 48.5 Å². The molecule has 0 N–H and O–H groups in total. The van der Waals surface area contributed by atoms with Gasteiger partial charge in [-0.15, -0.1) is 49.6 Å². The van der Waals surface area contributed by atoms with Crippen LogP contribution in [0.2, 0.25) is 0 Å². The first-order valence-electron chi connectivity index (χ1n) is 12.6. The van der Waals surface area contributed by atoms with E-state index in [1.807, 2.05) is 0 Å². The van der Waals surface area contributed by atoms with E-state index < -0.39 is 47.8 Å². The van der Waals surface area contributed by atoms with E-state index in [0.717, 1.165) is 0 Å². The van der Waals surface area contributed by atoms with Crippen LogP contribution in [0, 0.1) is 0 Å². The lowest BCUT2D eigenvalue weighted by molar-refractivity contribution is 0.0425. The molecule has 48 heavy (non-hydrogen) atoms. The monoisotopic (exact) mass is 736 g/mol. The van der Waals surface area contributed by atoms with Gasteiger partial charge in [-0.25, -0.2) is 38.4 Å². The summed E-state index contributed by atoms with van der Waals surface area (Å²) < 4.78 is 17.4. The second-order valence-electron chi connectivity index (χ2n) is 8.89. The highest BCUT2D eigenvalue weighted by Gasteiger charge is 2.30. The number of hydrogen-bond acceptors (Lipinski definition) is 12. The molecule has 0 radical (unpaired) electrons. The number of rotatable bonds is 0. The first-order chi connectivity index (χ1) is 21.2. The normalized spacial score (nSPS) is 13.3. The van der Waals surface area contributed by atoms with Crippen molar-refractivity contribution < 1.29 is 57.3 Å². The Bertz CT molecular complexity index is 1530. The molecule has 248 valence electrons. The van der Waals surface area contributed by atoms with E-state index in [9.17, 15) is 38.4 Å². The highest BCUT2D eigenvalue weighted by atomic mass is 35.5. The van der Waals surface area contributed by atoms with E-state index in [0.29, 0.717) is 44.5 Å². The summed E-state index contributed by atoms with van der Waals surface area (Å²) in [6.45, 7) is 0. The summed E-state index contributed by atoms with van der Waals surface area (Å²) >= 11 is 0. The maximum Gasteiger partial charge on any atom is 0.346 e. The fraction of sp³-hybridized carbons (Fsp3) is 0. The van der Waals surface area contributed by atoms with Crippen molar-refractivity contribution in [2.45, 2.75) is 0 Å². The topological polar surface area (TPSA) is 173 Å². The Hall–Kier alpha value is -5.40. The molecule has 0 aliphatic carbocycles. The van der Waals surface area contributed by atoms with Gasteiger partial charge in [0, 0.05) is 0 Å². The van der Waals surface area contributed by atoms with Gasteiger partial charge in [0.25, 0.3) is 0 Å². The van der Waals surface area contributed by atoms with Gasteiger partial charge in [0.2, 0.25) is 0 Å². The molecule has 4 aromatic rings.